The molecule has 0 aliphatic rings. The van der Waals surface area contributed by atoms with Crippen LogP contribution in [0, 0.1) is 18.6 Å². The van der Waals surface area contributed by atoms with Crippen molar-refractivity contribution in [3.05, 3.63) is 53.5 Å². The van der Waals surface area contributed by atoms with E-state index in [2.05, 4.69) is 9.97 Å². The molecule has 21 heavy (non-hydrogen) atoms. The number of nitrogens with zero attached hydrogens (tertiary/aromatic N) is 3. The largest absolute Gasteiger partial charge is 0.281 e. The van der Waals surface area contributed by atoms with Gasteiger partial charge in [-0.15, -0.1) is 11.6 Å². The first-order valence-electron chi connectivity index (χ1n) is 6.45. The van der Waals surface area contributed by atoms with Crippen LogP contribution in [0.2, 0.25) is 0 Å². The molecule has 3 nitrogen and oxygen atoms in total. The smallest absolute Gasteiger partial charge is 0.164 e. The highest BCUT2D eigenvalue weighted by Gasteiger charge is 2.15. The van der Waals surface area contributed by atoms with E-state index in [1.54, 1.807) is 10.8 Å². The SMILES string of the molecule is Cc1cnc2c(c1)nc(CCCl)n2-c1ccc(F)c(F)c1. The third-order valence-electron chi connectivity index (χ3n) is 3.18. The Balaban J connectivity index is 2.27. The van der Waals surface area contributed by atoms with E-state index in [9.17, 15) is 8.78 Å². The van der Waals surface area contributed by atoms with Crippen molar-refractivity contribution in [3.63, 3.8) is 0 Å². The third kappa shape index (κ3) is 2.49. The second-order valence-corrected chi connectivity index (χ2v) is 5.13. The molecular weight excluding hydrogens is 296 g/mol. The minimum absolute atomic E-state index is 0.381. The Bertz CT molecular complexity index is 814. The van der Waals surface area contributed by atoms with E-state index in [1.165, 1.54) is 6.07 Å². The summed E-state index contributed by atoms with van der Waals surface area (Å²) in [6.45, 7) is 1.92. The normalized spacial score (nSPS) is 11.2. The minimum Gasteiger partial charge on any atom is -0.281 e. The molecule has 3 rings (SSSR count). The van der Waals surface area contributed by atoms with Gasteiger partial charge in [-0.2, -0.15) is 0 Å². The van der Waals surface area contributed by atoms with E-state index in [4.69, 9.17) is 11.6 Å². The minimum atomic E-state index is -0.904. The van der Waals surface area contributed by atoms with Crippen molar-refractivity contribution in [2.75, 3.05) is 5.88 Å². The maximum absolute atomic E-state index is 13.5. The number of aromatic nitrogens is 3. The molecule has 3 aromatic rings. The van der Waals surface area contributed by atoms with Gasteiger partial charge in [-0.3, -0.25) is 4.57 Å². The lowest BCUT2D eigenvalue weighted by Gasteiger charge is -2.08. The van der Waals surface area contributed by atoms with Crippen molar-refractivity contribution in [1.82, 2.24) is 14.5 Å². The topological polar surface area (TPSA) is 30.7 Å². The van der Waals surface area contributed by atoms with Crippen molar-refractivity contribution < 1.29 is 8.78 Å². The molecule has 0 saturated heterocycles. The fourth-order valence-corrected chi connectivity index (χ4v) is 2.43. The van der Waals surface area contributed by atoms with Crippen LogP contribution in [0.3, 0.4) is 0 Å². The number of benzene rings is 1. The van der Waals surface area contributed by atoms with Crippen LogP contribution >= 0.6 is 11.6 Å². The quantitative estimate of drug-likeness (QED) is 0.689. The molecule has 6 heteroatoms. The first-order chi connectivity index (χ1) is 10.1. The molecule has 0 aliphatic heterocycles. The Morgan fingerprint density at radius 3 is 2.71 bits per heavy atom. The molecule has 1 aromatic carbocycles. The van der Waals surface area contributed by atoms with Gasteiger partial charge in [0.1, 0.15) is 11.3 Å². The van der Waals surface area contributed by atoms with Gasteiger partial charge in [-0.05, 0) is 30.7 Å². The van der Waals surface area contributed by atoms with E-state index in [0.717, 1.165) is 17.7 Å². The predicted octanol–water partition coefficient (Wildman–Crippen LogP) is 3.79. The second kappa shape index (κ2) is 5.41. The molecule has 0 atom stereocenters. The molecule has 0 saturated carbocycles. The van der Waals surface area contributed by atoms with Crippen LogP contribution in [0.15, 0.2) is 30.5 Å². The average Bonchev–Trinajstić information content (AvgIpc) is 2.79. The van der Waals surface area contributed by atoms with Gasteiger partial charge >= 0.3 is 0 Å². The van der Waals surface area contributed by atoms with Gasteiger partial charge in [-0.25, -0.2) is 18.7 Å². The zero-order valence-corrected chi connectivity index (χ0v) is 12.0. The predicted molar refractivity (Wildman–Crippen MR) is 77.9 cm³/mol. The lowest BCUT2D eigenvalue weighted by molar-refractivity contribution is 0.508. The van der Waals surface area contributed by atoms with Crippen molar-refractivity contribution in [2.24, 2.45) is 0 Å². The lowest BCUT2D eigenvalue weighted by Crippen LogP contribution is -2.04. The Morgan fingerprint density at radius 1 is 1.19 bits per heavy atom. The number of alkyl halides is 1. The number of rotatable bonds is 3. The number of pyridine rings is 1. The first kappa shape index (κ1) is 13.9. The van der Waals surface area contributed by atoms with Gasteiger partial charge in [-0.1, -0.05) is 0 Å². The van der Waals surface area contributed by atoms with Gasteiger partial charge in [0.2, 0.25) is 0 Å². The van der Waals surface area contributed by atoms with E-state index in [-0.39, 0.29) is 0 Å². The highest BCUT2D eigenvalue weighted by atomic mass is 35.5. The molecule has 108 valence electrons. The Kier molecular flexibility index (Phi) is 3.59. The number of aryl methyl sites for hydroxylation is 2. The summed E-state index contributed by atoms with van der Waals surface area (Å²) in [6.07, 6.45) is 2.22. The number of halogens is 3. The Morgan fingerprint density at radius 2 is 2.00 bits per heavy atom. The molecule has 0 spiro atoms. The molecular formula is C15H12ClF2N3. The lowest BCUT2D eigenvalue weighted by atomic mass is 10.2. The van der Waals surface area contributed by atoms with E-state index < -0.39 is 11.6 Å². The monoisotopic (exact) mass is 307 g/mol. The van der Waals surface area contributed by atoms with Crippen LogP contribution in [0.25, 0.3) is 16.9 Å². The molecule has 0 radical (unpaired) electrons. The summed E-state index contributed by atoms with van der Waals surface area (Å²) in [6, 6.07) is 5.63. The summed E-state index contributed by atoms with van der Waals surface area (Å²) in [7, 11) is 0. The highest BCUT2D eigenvalue weighted by Crippen LogP contribution is 2.22. The number of hydrogen-bond donors (Lipinski definition) is 0. The number of hydrogen-bond acceptors (Lipinski definition) is 2. The zero-order valence-electron chi connectivity index (χ0n) is 11.3. The highest BCUT2D eigenvalue weighted by molar-refractivity contribution is 6.17. The average molecular weight is 308 g/mol. The standard InChI is InChI=1S/C15H12ClF2N3/c1-9-6-13-15(19-8-9)21(14(20-13)4-5-16)10-2-3-11(17)12(18)7-10/h2-3,6-8H,4-5H2,1H3. The summed E-state index contributed by atoms with van der Waals surface area (Å²) in [4.78, 5) is 8.84. The van der Waals surface area contributed by atoms with Crippen LogP contribution in [0.5, 0.6) is 0 Å². The van der Waals surface area contributed by atoms with Crippen molar-refractivity contribution in [3.8, 4) is 5.69 Å². The van der Waals surface area contributed by atoms with Crippen LogP contribution < -0.4 is 0 Å². The third-order valence-corrected chi connectivity index (χ3v) is 3.37. The van der Waals surface area contributed by atoms with E-state index in [1.807, 2.05) is 13.0 Å². The maximum atomic E-state index is 13.5. The fourth-order valence-electron chi connectivity index (χ4n) is 2.26. The molecule has 0 N–H and O–H groups in total. The van der Waals surface area contributed by atoms with Crippen molar-refractivity contribution >= 4 is 22.8 Å². The summed E-state index contributed by atoms with van der Waals surface area (Å²) in [5.74, 6) is -0.736. The van der Waals surface area contributed by atoms with Crippen molar-refractivity contribution in [2.45, 2.75) is 13.3 Å². The van der Waals surface area contributed by atoms with Gasteiger partial charge < -0.3 is 0 Å². The maximum Gasteiger partial charge on any atom is 0.164 e. The van der Waals surface area contributed by atoms with Crippen LogP contribution in [-0.4, -0.2) is 20.4 Å². The Labute approximate surface area is 125 Å². The summed E-state index contributed by atoms with van der Waals surface area (Å²) >= 11 is 5.80. The van der Waals surface area contributed by atoms with Crippen LogP contribution in [0.1, 0.15) is 11.4 Å². The van der Waals surface area contributed by atoms with Crippen LogP contribution in [0.4, 0.5) is 8.78 Å². The summed E-state index contributed by atoms with van der Waals surface area (Å²) in [5.41, 5.74) is 2.77. The van der Waals surface area contributed by atoms with E-state index in [0.29, 0.717) is 35.0 Å². The fraction of sp³-hybridized carbons (Fsp3) is 0.200. The van der Waals surface area contributed by atoms with Gasteiger partial charge in [0.25, 0.3) is 0 Å². The molecule has 0 aliphatic carbocycles. The van der Waals surface area contributed by atoms with Gasteiger partial charge in [0, 0.05) is 24.6 Å². The Hall–Kier alpha value is -2.01. The molecule has 2 aromatic heterocycles. The summed E-state index contributed by atoms with van der Waals surface area (Å²) in [5, 5.41) is 0. The summed E-state index contributed by atoms with van der Waals surface area (Å²) < 4.78 is 28.3. The van der Waals surface area contributed by atoms with Gasteiger partial charge in [0.15, 0.2) is 17.3 Å². The first-order valence-corrected chi connectivity index (χ1v) is 6.99. The zero-order chi connectivity index (χ0) is 15.0. The molecule has 0 fully saturated rings. The van der Waals surface area contributed by atoms with Gasteiger partial charge in [0.05, 0.1) is 5.69 Å². The van der Waals surface area contributed by atoms with E-state index >= 15 is 0 Å². The molecule has 0 amide bonds. The van der Waals surface area contributed by atoms with Crippen molar-refractivity contribution in [1.29, 1.82) is 0 Å². The number of fused-ring (bicyclic) bond motifs is 1. The van der Waals surface area contributed by atoms with Crippen LogP contribution in [-0.2, 0) is 6.42 Å². The molecule has 0 unspecified atom stereocenters. The second-order valence-electron chi connectivity index (χ2n) is 4.76. The number of imidazole rings is 1. The molecule has 0 bridgehead atoms. The molecule has 2 heterocycles.